The first-order valence-corrected chi connectivity index (χ1v) is 7.67. The summed E-state index contributed by atoms with van der Waals surface area (Å²) in [6, 6.07) is 5.66. The molecule has 20 heavy (non-hydrogen) atoms. The predicted molar refractivity (Wildman–Crippen MR) is 80.8 cm³/mol. The van der Waals surface area contributed by atoms with Crippen LogP contribution in [-0.2, 0) is 9.53 Å². The Kier molecular flexibility index (Phi) is 4.35. The molecule has 1 atom stereocenters. The van der Waals surface area contributed by atoms with Gasteiger partial charge in [-0.15, -0.1) is 0 Å². The first kappa shape index (κ1) is 14.0. The van der Waals surface area contributed by atoms with Gasteiger partial charge in [-0.25, -0.2) is 0 Å². The first-order valence-electron chi connectivity index (χ1n) is 6.88. The average molecular weight is 340 g/mol. The van der Waals surface area contributed by atoms with Crippen molar-refractivity contribution >= 4 is 27.5 Å². The molecule has 2 heterocycles. The quantitative estimate of drug-likeness (QED) is 0.869. The molecule has 0 radical (unpaired) electrons. The van der Waals surface area contributed by atoms with Gasteiger partial charge >= 0.3 is 0 Å². The summed E-state index contributed by atoms with van der Waals surface area (Å²) in [5.41, 5.74) is 1.92. The van der Waals surface area contributed by atoms with Crippen LogP contribution in [0.15, 0.2) is 22.7 Å². The molecule has 1 amide bonds. The van der Waals surface area contributed by atoms with Crippen LogP contribution in [-0.4, -0.2) is 50.2 Å². The first-order chi connectivity index (χ1) is 9.74. The van der Waals surface area contributed by atoms with Gasteiger partial charge in [-0.2, -0.15) is 0 Å². The number of nitrogens with zero attached hydrogens (tertiary/aromatic N) is 1. The lowest BCUT2D eigenvalue weighted by Gasteiger charge is -2.27. The van der Waals surface area contributed by atoms with Crippen molar-refractivity contribution in [2.45, 2.75) is 6.04 Å². The fraction of sp³-hybridized carbons (Fsp3) is 0.500. The molecule has 108 valence electrons. The maximum absolute atomic E-state index is 12.0. The van der Waals surface area contributed by atoms with Gasteiger partial charge in [-0.1, -0.05) is 22.0 Å². The van der Waals surface area contributed by atoms with Gasteiger partial charge in [-0.05, 0) is 12.1 Å². The van der Waals surface area contributed by atoms with E-state index >= 15 is 0 Å². The van der Waals surface area contributed by atoms with Crippen molar-refractivity contribution in [1.82, 2.24) is 10.2 Å². The van der Waals surface area contributed by atoms with E-state index in [0.717, 1.165) is 55.1 Å². The maximum Gasteiger partial charge on any atom is 0.246 e. The summed E-state index contributed by atoms with van der Waals surface area (Å²) in [4.78, 5) is 14.4. The molecule has 0 aliphatic carbocycles. The molecule has 3 rings (SSSR count). The van der Waals surface area contributed by atoms with Crippen molar-refractivity contribution in [3.63, 3.8) is 0 Å². The Labute approximate surface area is 126 Å². The van der Waals surface area contributed by atoms with E-state index in [1.165, 1.54) is 0 Å². The molecule has 1 aromatic rings. The van der Waals surface area contributed by atoms with Gasteiger partial charge in [0.2, 0.25) is 5.91 Å². The summed E-state index contributed by atoms with van der Waals surface area (Å²) in [7, 11) is 0. The van der Waals surface area contributed by atoms with Gasteiger partial charge < -0.3 is 15.4 Å². The standard InChI is InChI=1S/C14H18BrN3O2/c15-10-1-2-11-12(9-10)17-14(19)13(11)16-3-4-18-5-7-20-8-6-18/h1-2,9,13,16H,3-8H2,(H,17,19). The minimum Gasteiger partial charge on any atom is -0.379 e. The molecule has 6 heteroatoms. The van der Waals surface area contributed by atoms with Gasteiger partial charge in [0.25, 0.3) is 0 Å². The Balaban J connectivity index is 1.56. The molecule has 2 aliphatic heterocycles. The number of carbonyl (C=O) groups excluding carboxylic acids is 1. The number of carbonyl (C=O) groups is 1. The molecular formula is C14H18BrN3O2. The zero-order chi connectivity index (χ0) is 13.9. The van der Waals surface area contributed by atoms with Crippen molar-refractivity contribution in [3.05, 3.63) is 28.2 Å². The highest BCUT2D eigenvalue weighted by Crippen LogP contribution is 2.32. The molecule has 2 aliphatic rings. The second kappa shape index (κ2) is 6.22. The molecule has 1 saturated heterocycles. The number of amides is 1. The average Bonchev–Trinajstić information content (AvgIpc) is 2.75. The Morgan fingerprint density at radius 2 is 2.20 bits per heavy atom. The minimum absolute atomic E-state index is 0.0278. The smallest absolute Gasteiger partial charge is 0.246 e. The number of nitrogens with one attached hydrogen (secondary N) is 2. The highest BCUT2D eigenvalue weighted by Gasteiger charge is 2.30. The van der Waals surface area contributed by atoms with Crippen LogP contribution in [0.25, 0.3) is 0 Å². The Hall–Kier alpha value is -0.950. The Morgan fingerprint density at radius 1 is 1.40 bits per heavy atom. The zero-order valence-corrected chi connectivity index (χ0v) is 12.8. The molecule has 1 unspecified atom stereocenters. The molecule has 0 saturated carbocycles. The number of ether oxygens (including phenoxy) is 1. The van der Waals surface area contributed by atoms with Crippen LogP contribution in [0, 0.1) is 0 Å². The van der Waals surface area contributed by atoms with Crippen molar-refractivity contribution in [1.29, 1.82) is 0 Å². The van der Waals surface area contributed by atoms with E-state index in [0.29, 0.717) is 0 Å². The highest BCUT2D eigenvalue weighted by molar-refractivity contribution is 9.10. The summed E-state index contributed by atoms with van der Waals surface area (Å²) in [5.74, 6) is 0.0278. The van der Waals surface area contributed by atoms with Gasteiger partial charge in [0.05, 0.1) is 13.2 Å². The number of morpholine rings is 1. The number of anilines is 1. The van der Waals surface area contributed by atoms with E-state index in [-0.39, 0.29) is 11.9 Å². The lowest BCUT2D eigenvalue weighted by molar-refractivity contribution is -0.117. The van der Waals surface area contributed by atoms with Crippen molar-refractivity contribution in [2.75, 3.05) is 44.7 Å². The number of halogens is 1. The van der Waals surface area contributed by atoms with E-state index in [4.69, 9.17) is 4.74 Å². The number of hydrogen-bond donors (Lipinski definition) is 2. The van der Waals surface area contributed by atoms with Crippen LogP contribution in [0.2, 0.25) is 0 Å². The van der Waals surface area contributed by atoms with Gasteiger partial charge in [0.15, 0.2) is 0 Å². The fourth-order valence-corrected chi connectivity index (χ4v) is 2.99. The largest absolute Gasteiger partial charge is 0.379 e. The molecule has 0 spiro atoms. The Morgan fingerprint density at radius 3 is 3.00 bits per heavy atom. The second-order valence-corrected chi connectivity index (χ2v) is 5.98. The van der Waals surface area contributed by atoms with E-state index in [1.54, 1.807) is 0 Å². The van der Waals surface area contributed by atoms with Gasteiger partial charge in [-0.3, -0.25) is 9.69 Å². The second-order valence-electron chi connectivity index (χ2n) is 5.06. The van der Waals surface area contributed by atoms with Gasteiger partial charge in [0.1, 0.15) is 6.04 Å². The predicted octanol–water partition coefficient (Wildman–Crippen LogP) is 1.36. The Bertz CT molecular complexity index is 503. The van der Waals surface area contributed by atoms with E-state index in [2.05, 4.69) is 31.5 Å². The van der Waals surface area contributed by atoms with Crippen LogP contribution < -0.4 is 10.6 Å². The van der Waals surface area contributed by atoms with E-state index in [9.17, 15) is 4.79 Å². The number of benzene rings is 1. The third-order valence-electron chi connectivity index (χ3n) is 3.73. The molecular weight excluding hydrogens is 322 g/mol. The molecule has 1 fully saturated rings. The lowest BCUT2D eigenvalue weighted by Crippen LogP contribution is -2.41. The fourth-order valence-electron chi connectivity index (χ4n) is 2.63. The molecule has 2 N–H and O–H groups in total. The number of fused-ring (bicyclic) bond motifs is 1. The van der Waals surface area contributed by atoms with Gasteiger partial charge in [0, 0.05) is 41.9 Å². The SMILES string of the molecule is O=C1Nc2cc(Br)ccc2C1NCCN1CCOCC1. The summed E-state index contributed by atoms with van der Waals surface area (Å²) in [5, 5.41) is 6.26. The van der Waals surface area contributed by atoms with Crippen molar-refractivity contribution in [3.8, 4) is 0 Å². The van der Waals surface area contributed by atoms with Crippen LogP contribution >= 0.6 is 15.9 Å². The molecule has 0 aromatic heterocycles. The summed E-state index contributed by atoms with van der Waals surface area (Å²) >= 11 is 3.42. The van der Waals surface area contributed by atoms with Crippen molar-refractivity contribution < 1.29 is 9.53 Å². The third kappa shape index (κ3) is 3.03. The number of rotatable bonds is 4. The maximum atomic E-state index is 12.0. The van der Waals surface area contributed by atoms with E-state index < -0.39 is 0 Å². The molecule has 1 aromatic carbocycles. The van der Waals surface area contributed by atoms with Crippen molar-refractivity contribution in [2.24, 2.45) is 0 Å². The third-order valence-corrected chi connectivity index (χ3v) is 4.22. The lowest BCUT2D eigenvalue weighted by atomic mass is 10.1. The normalized spacial score (nSPS) is 22.6. The van der Waals surface area contributed by atoms with Crippen LogP contribution in [0.4, 0.5) is 5.69 Å². The summed E-state index contributed by atoms with van der Waals surface area (Å²) in [6.45, 7) is 5.30. The summed E-state index contributed by atoms with van der Waals surface area (Å²) < 4.78 is 6.30. The monoisotopic (exact) mass is 339 g/mol. The van der Waals surface area contributed by atoms with Crippen LogP contribution in [0.5, 0.6) is 0 Å². The molecule has 5 nitrogen and oxygen atoms in total. The minimum atomic E-state index is -0.237. The van der Waals surface area contributed by atoms with E-state index in [1.807, 2.05) is 18.2 Å². The van der Waals surface area contributed by atoms with Crippen LogP contribution in [0.3, 0.4) is 0 Å². The zero-order valence-electron chi connectivity index (χ0n) is 11.2. The highest BCUT2D eigenvalue weighted by atomic mass is 79.9. The van der Waals surface area contributed by atoms with Crippen LogP contribution in [0.1, 0.15) is 11.6 Å². The number of hydrogen-bond acceptors (Lipinski definition) is 4. The molecule has 0 bridgehead atoms. The summed E-state index contributed by atoms with van der Waals surface area (Å²) in [6.07, 6.45) is 0. The topological polar surface area (TPSA) is 53.6 Å².